The molecule has 0 aliphatic rings. The molecule has 0 saturated heterocycles. The largest absolute Gasteiger partial charge is 0.383 e. The predicted octanol–water partition coefficient (Wildman–Crippen LogP) is 1.01. The number of aromatic nitrogens is 1. The van der Waals surface area contributed by atoms with Gasteiger partial charge in [0, 0.05) is 20.8 Å². The molecular weight excluding hydrogens is 314 g/mol. The number of hydrogen-bond acceptors (Lipinski definition) is 8. The van der Waals surface area contributed by atoms with Crippen molar-refractivity contribution in [2.45, 2.75) is 24.8 Å². The zero-order valence-corrected chi connectivity index (χ0v) is 14.5. The summed E-state index contributed by atoms with van der Waals surface area (Å²) in [6.07, 6.45) is 0. The van der Waals surface area contributed by atoms with Crippen molar-refractivity contribution in [3.05, 3.63) is 0 Å². The Balaban J connectivity index is 3.25. The van der Waals surface area contributed by atoms with Gasteiger partial charge in [0.05, 0.1) is 25.0 Å². The molecular formula is C12H23N3O4S2. The highest BCUT2D eigenvalue weighted by molar-refractivity contribution is 7.91. The van der Waals surface area contributed by atoms with Crippen LogP contribution in [0.3, 0.4) is 0 Å². The van der Waals surface area contributed by atoms with Crippen LogP contribution in [0.5, 0.6) is 0 Å². The van der Waals surface area contributed by atoms with Crippen molar-refractivity contribution >= 4 is 32.2 Å². The molecule has 1 heterocycles. The molecule has 0 aromatic carbocycles. The quantitative estimate of drug-likeness (QED) is 0.718. The molecule has 0 aliphatic heterocycles. The maximum absolute atomic E-state index is 12.3. The summed E-state index contributed by atoms with van der Waals surface area (Å²) >= 11 is 1.09. The minimum absolute atomic E-state index is 0.0145. The highest BCUT2D eigenvalue weighted by atomic mass is 32.2. The lowest BCUT2D eigenvalue weighted by atomic mass is 10.3. The summed E-state index contributed by atoms with van der Waals surface area (Å²) in [7, 11) is -0.227. The smallest absolute Gasteiger partial charge is 0.184 e. The van der Waals surface area contributed by atoms with Gasteiger partial charge in [-0.05, 0) is 18.5 Å². The van der Waals surface area contributed by atoms with Crippen LogP contribution in [0, 0.1) is 0 Å². The van der Waals surface area contributed by atoms with E-state index in [0.717, 1.165) is 11.5 Å². The fourth-order valence-electron chi connectivity index (χ4n) is 1.95. The van der Waals surface area contributed by atoms with Crippen molar-refractivity contribution in [2.24, 2.45) is 0 Å². The van der Waals surface area contributed by atoms with E-state index in [-0.39, 0.29) is 22.5 Å². The van der Waals surface area contributed by atoms with E-state index in [0.29, 0.717) is 24.8 Å². The molecule has 0 saturated carbocycles. The van der Waals surface area contributed by atoms with Crippen LogP contribution in [0.15, 0.2) is 4.90 Å². The van der Waals surface area contributed by atoms with E-state index >= 15 is 0 Å². The van der Waals surface area contributed by atoms with Gasteiger partial charge in [-0.15, -0.1) is 0 Å². The summed E-state index contributed by atoms with van der Waals surface area (Å²) < 4.78 is 38.8. The van der Waals surface area contributed by atoms with Gasteiger partial charge in [-0.2, -0.15) is 4.37 Å². The first kappa shape index (κ1) is 18.1. The van der Waals surface area contributed by atoms with Gasteiger partial charge in [-0.1, -0.05) is 6.92 Å². The molecule has 0 fully saturated rings. The van der Waals surface area contributed by atoms with Crippen molar-refractivity contribution < 1.29 is 17.9 Å². The molecule has 7 nitrogen and oxygen atoms in total. The number of hydrogen-bond donors (Lipinski definition) is 1. The van der Waals surface area contributed by atoms with Crippen LogP contribution in [0.1, 0.15) is 13.8 Å². The van der Waals surface area contributed by atoms with Crippen molar-refractivity contribution in [3.8, 4) is 0 Å². The van der Waals surface area contributed by atoms with Crippen LogP contribution in [-0.2, 0) is 19.3 Å². The van der Waals surface area contributed by atoms with Crippen molar-refractivity contribution in [2.75, 3.05) is 50.4 Å². The van der Waals surface area contributed by atoms with Crippen LogP contribution in [0.2, 0.25) is 0 Å². The van der Waals surface area contributed by atoms with Crippen LogP contribution in [-0.4, -0.2) is 58.6 Å². The highest BCUT2D eigenvalue weighted by Gasteiger charge is 2.29. The minimum Gasteiger partial charge on any atom is -0.383 e. The summed E-state index contributed by atoms with van der Waals surface area (Å²) in [5.74, 6) is 0.0447. The molecule has 0 bridgehead atoms. The van der Waals surface area contributed by atoms with Gasteiger partial charge in [0.2, 0.25) is 0 Å². The Labute approximate surface area is 130 Å². The van der Waals surface area contributed by atoms with Gasteiger partial charge in [-0.3, -0.25) is 0 Å². The lowest BCUT2D eigenvalue weighted by Crippen LogP contribution is -2.39. The van der Waals surface area contributed by atoms with Crippen LogP contribution in [0.25, 0.3) is 0 Å². The number of nitrogens with zero attached hydrogens (tertiary/aromatic N) is 2. The normalized spacial score (nSPS) is 13.3. The summed E-state index contributed by atoms with van der Waals surface area (Å²) in [5, 5.41) is 0.552. The number of methoxy groups -OCH3 is 2. The van der Waals surface area contributed by atoms with E-state index in [2.05, 4.69) is 4.37 Å². The Morgan fingerprint density at radius 1 is 1.38 bits per heavy atom. The van der Waals surface area contributed by atoms with Gasteiger partial charge in [0.25, 0.3) is 0 Å². The Morgan fingerprint density at radius 3 is 2.57 bits per heavy atom. The topological polar surface area (TPSA) is 94.8 Å². The van der Waals surface area contributed by atoms with Gasteiger partial charge in [0.1, 0.15) is 9.90 Å². The predicted molar refractivity (Wildman–Crippen MR) is 84.8 cm³/mol. The number of sulfone groups is 1. The molecule has 0 radical (unpaired) electrons. The molecule has 1 aromatic rings. The summed E-state index contributed by atoms with van der Waals surface area (Å²) in [6.45, 7) is 5.02. The van der Waals surface area contributed by atoms with E-state index in [4.69, 9.17) is 15.2 Å². The number of nitrogens with two attached hydrogens (primary N) is 1. The number of rotatable bonds is 9. The zero-order chi connectivity index (χ0) is 16.0. The molecule has 1 unspecified atom stereocenters. The van der Waals surface area contributed by atoms with E-state index < -0.39 is 9.84 Å². The van der Waals surface area contributed by atoms with E-state index in [1.165, 1.54) is 0 Å². The van der Waals surface area contributed by atoms with Crippen molar-refractivity contribution in [3.63, 3.8) is 0 Å². The zero-order valence-electron chi connectivity index (χ0n) is 12.8. The average Bonchev–Trinajstić information content (AvgIpc) is 2.82. The molecule has 9 heteroatoms. The summed E-state index contributed by atoms with van der Waals surface area (Å²) in [4.78, 5) is 2.04. The molecule has 0 aliphatic carbocycles. The second kappa shape index (κ2) is 7.92. The maximum atomic E-state index is 12.3. The standard InChI is InChI=1S/C12H23N3O4S2/c1-5-21(16,17)10-11(13)14-20-12(10)15(6-7-18-3)9(2)8-19-4/h9H,5-8H2,1-4H3,(H2,13,14). The molecule has 1 rings (SSSR count). The summed E-state index contributed by atoms with van der Waals surface area (Å²) in [6, 6.07) is -0.0178. The third-order valence-corrected chi connectivity index (χ3v) is 5.90. The third-order valence-electron chi connectivity index (χ3n) is 3.09. The van der Waals surface area contributed by atoms with Crippen molar-refractivity contribution in [1.82, 2.24) is 4.37 Å². The molecule has 122 valence electrons. The molecule has 21 heavy (non-hydrogen) atoms. The molecule has 0 amide bonds. The van der Waals surface area contributed by atoms with Crippen molar-refractivity contribution in [1.29, 1.82) is 0 Å². The lowest BCUT2D eigenvalue weighted by molar-refractivity contribution is 0.171. The second-order valence-corrected chi connectivity index (χ2v) is 7.56. The first-order valence-corrected chi connectivity index (χ1v) is 9.04. The first-order chi connectivity index (χ1) is 9.88. The fourth-order valence-corrected chi connectivity index (χ4v) is 4.37. The molecule has 2 N–H and O–H groups in total. The van der Waals surface area contributed by atoms with Crippen LogP contribution in [0.4, 0.5) is 10.8 Å². The van der Waals surface area contributed by atoms with Gasteiger partial charge in [0.15, 0.2) is 15.7 Å². The third kappa shape index (κ3) is 4.29. The van der Waals surface area contributed by atoms with E-state index in [1.807, 2.05) is 11.8 Å². The van der Waals surface area contributed by atoms with E-state index in [9.17, 15) is 8.42 Å². The van der Waals surface area contributed by atoms with Gasteiger partial charge >= 0.3 is 0 Å². The van der Waals surface area contributed by atoms with Gasteiger partial charge < -0.3 is 20.1 Å². The Bertz CT molecular complexity index is 545. The lowest BCUT2D eigenvalue weighted by Gasteiger charge is -2.29. The monoisotopic (exact) mass is 337 g/mol. The van der Waals surface area contributed by atoms with Crippen LogP contribution < -0.4 is 10.6 Å². The SMILES string of the molecule is CCS(=O)(=O)c1c(N)nsc1N(CCOC)C(C)COC. The second-order valence-electron chi connectivity index (χ2n) is 4.60. The summed E-state index contributed by atoms with van der Waals surface area (Å²) in [5.41, 5.74) is 5.77. The molecule has 1 atom stereocenters. The van der Waals surface area contributed by atoms with Crippen LogP contribution >= 0.6 is 11.5 Å². The number of anilines is 2. The first-order valence-electron chi connectivity index (χ1n) is 6.61. The number of ether oxygens (including phenoxy) is 2. The average molecular weight is 337 g/mol. The Morgan fingerprint density at radius 2 is 2.05 bits per heavy atom. The Hall–Kier alpha value is -0.900. The maximum Gasteiger partial charge on any atom is 0.184 e. The fraction of sp³-hybridized carbons (Fsp3) is 0.750. The Kier molecular flexibility index (Phi) is 6.85. The van der Waals surface area contributed by atoms with Gasteiger partial charge in [-0.25, -0.2) is 8.42 Å². The molecule has 0 spiro atoms. The highest BCUT2D eigenvalue weighted by Crippen LogP contribution is 2.36. The number of nitrogen functional groups attached to an aromatic ring is 1. The van der Waals surface area contributed by atoms with E-state index in [1.54, 1.807) is 21.1 Å². The molecule has 1 aromatic heterocycles. The minimum atomic E-state index is -3.44.